The molecule has 0 atom stereocenters. The molecule has 0 aliphatic heterocycles. The fraction of sp³-hybridized carbons (Fsp3) is 0.231. The molecule has 3 nitrogen and oxygen atoms in total. The molecule has 2 rings (SSSR count). The van der Waals surface area contributed by atoms with Crippen LogP contribution in [0.2, 0.25) is 0 Å². The summed E-state index contributed by atoms with van der Waals surface area (Å²) in [6, 6.07) is 7.86. The first kappa shape index (κ1) is 11.5. The monoisotopic (exact) mass is 232 g/mol. The van der Waals surface area contributed by atoms with Crippen molar-refractivity contribution in [3.05, 3.63) is 52.2 Å². The SMILES string of the molecule is CC(C)c1cc(-c2ccccc2F)c(=O)[nH]n1. The lowest BCUT2D eigenvalue weighted by atomic mass is 10.0. The molecule has 1 aromatic heterocycles. The van der Waals surface area contributed by atoms with Crippen LogP contribution in [0, 0.1) is 5.82 Å². The standard InChI is InChI=1S/C13H13FN2O/c1-8(2)12-7-10(13(17)16-15-12)9-5-3-4-6-11(9)14/h3-8H,1-2H3,(H,16,17). The Morgan fingerprint density at radius 2 is 1.94 bits per heavy atom. The first-order valence-electron chi connectivity index (χ1n) is 5.44. The van der Waals surface area contributed by atoms with Crippen LogP contribution in [-0.4, -0.2) is 10.2 Å². The Morgan fingerprint density at radius 1 is 1.24 bits per heavy atom. The van der Waals surface area contributed by atoms with Crippen LogP contribution in [0.1, 0.15) is 25.5 Å². The number of aromatic amines is 1. The van der Waals surface area contributed by atoms with Crippen LogP contribution in [0.5, 0.6) is 0 Å². The third kappa shape index (κ3) is 2.25. The molecular formula is C13H13FN2O. The number of hydrogen-bond acceptors (Lipinski definition) is 2. The van der Waals surface area contributed by atoms with E-state index >= 15 is 0 Å². The second-order valence-corrected chi connectivity index (χ2v) is 4.17. The predicted molar refractivity (Wildman–Crippen MR) is 64.3 cm³/mol. The number of H-pyrrole nitrogens is 1. The van der Waals surface area contributed by atoms with E-state index in [1.807, 2.05) is 13.8 Å². The van der Waals surface area contributed by atoms with Gasteiger partial charge in [-0.25, -0.2) is 9.49 Å². The molecule has 0 unspecified atom stereocenters. The van der Waals surface area contributed by atoms with Gasteiger partial charge in [-0.05, 0) is 18.1 Å². The van der Waals surface area contributed by atoms with Crippen molar-refractivity contribution < 1.29 is 4.39 Å². The van der Waals surface area contributed by atoms with Crippen LogP contribution in [-0.2, 0) is 0 Å². The van der Waals surface area contributed by atoms with E-state index in [0.29, 0.717) is 11.1 Å². The van der Waals surface area contributed by atoms with E-state index in [1.54, 1.807) is 24.3 Å². The van der Waals surface area contributed by atoms with Crippen LogP contribution in [0.25, 0.3) is 11.1 Å². The van der Waals surface area contributed by atoms with E-state index in [-0.39, 0.29) is 11.5 Å². The molecule has 2 aromatic rings. The number of rotatable bonds is 2. The maximum Gasteiger partial charge on any atom is 0.272 e. The first-order chi connectivity index (χ1) is 8.09. The molecule has 0 aliphatic rings. The van der Waals surface area contributed by atoms with E-state index in [4.69, 9.17) is 0 Å². The van der Waals surface area contributed by atoms with Gasteiger partial charge in [-0.15, -0.1) is 0 Å². The lowest BCUT2D eigenvalue weighted by Gasteiger charge is -2.06. The topological polar surface area (TPSA) is 45.8 Å². The van der Waals surface area contributed by atoms with Gasteiger partial charge in [0.25, 0.3) is 5.56 Å². The van der Waals surface area contributed by atoms with Crippen molar-refractivity contribution in [3.8, 4) is 11.1 Å². The van der Waals surface area contributed by atoms with Crippen molar-refractivity contribution in [2.75, 3.05) is 0 Å². The summed E-state index contributed by atoms with van der Waals surface area (Å²) in [5.41, 5.74) is 0.988. The lowest BCUT2D eigenvalue weighted by molar-refractivity contribution is 0.630. The Bertz CT molecular complexity index is 590. The number of halogens is 1. The van der Waals surface area contributed by atoms with Gasteiger partial charge in [-0.3, -0.25) is 4.79 Å². The maximum atomic E-state index is 13.6. The molecule has 0 aliphatic carbocycles. The highest BCUT2D eigenvalue weighted by atomic mass is 19.1. The van der Waals surface area contributed by atoms with Crippen LogP contribution in [0.3, 0.4) is 0 Å². The van der Waals surface area contributed by atoms with Gasteiger partial charge in [-0.2, -0.15) is 5.10 Å². The highest BCUT2D eigenvalue weighted by molar-refractivity contribution is 5.63. The second-order valence-electron chi connectivity index (χ2n) is 4.17. The van der Waals surface area contributed by atoms with Crippen LogP contribution in [0.15, 0.2) is 35.1 Å². The molecule has 0 amide bonds. The van der Waals surface area contributed by atoms with E-state index in [1.165, 1.54) is 6.07 Å². The minimum Gasteiger partial charge on any atom is -0.267 e. The fourth-order valence-electron chi connectivity index (χ4n) is 1.60. The molecule has 0 saturated heterocycles. The van der Waals surface area contributed by atoms with Crippen LogP contribution >= 0.6 is 0 Å². The molecule has 4 heteroatoms. The molecule has 1 heterocycles. The van der Waals surface area contributed by atoms with Gasteiger partial charge < -0.3 is 0 Å². The second kappa shape index (κ2) is 4.49. The summed E-state index contributed by atoms with van der Waals surface area (Å²) in [5, 5.41) is 6.34. The molecular weight excluding hydrogens is 219 g/mol. The Labute approximate surface area is 98.3 Å². The lowest BCUT2D eigenvalue weighted by Crippen LogP contribution is -2.13. The zero-order chi connectivity index (χ0) is 12.4. The van der Waals surface area contributed by atoms with Crippen molar-refractivity contribution in [1.29, 1.82) is 0 Å². The van der Waals surface area contributed by atoms with E-state index in [0.717, 1.165) is 5.69 Å². The number of nitrogens with one attached hydrogen (secondary N) is 1. The average Bonchev–Trinajstić information content (AvgIpc) is 2.30. The summed E-state index contributed by atoms with van der Waals surface area (Å²) in [5.74, 6) is -0.226. The minimum atomic E-state index is -0.404. The van der Waals surface area contributed by atoms with Gasteiger partial charge in [0.15, 0.2) is 0 Å². The smallest absolute Gasteiger partial charge is 0.267 e. The van der Waals surface area contributed by atoms with Gasteiger partial charge in [0.1, 0.15) is 5.82 Å². The zero-order valence-corrected chi connectivity index (χ0v) is 9.70. The van der Waals surface area contributed by atoms with Gasteiger partial charge in [0, 0.05) is 5.56 Å². The number of benzene rings is 1. The van der Waals surface area contributed by atoms with Crippen molar-refractivity contribution in [3.63, 3.8) is 0 Å². The Balaban J connectivity index is 2.63. The third-order valence-corrected chi connectivity index (χ3v) is 2.58. The van der Waals surface area contributed by atoms with E-state index in [9.17, 15) is 9.18 Å². The molecule has 88 valence electrons. The largest absolute Gasteiger partial charge is 0.272 e. The highest BCUT2D eigenvalue weighted by Gasteiger charge is 2.11. The molecule has 0 radical (unpaired) electrons. The van der Waals surface area contributed by atoms with Crippen molar-refractivity contribution in [2.24, 2.45) is 0 Å². The van der Waals surface area contributed by atoms with Crippen molar-refractivity contribution in [1.82, 2.24) is 10.2 Å². The van der Waals surface area contributed by atoms with E-state index in [2.05, 4.69) is 10.2 Å². The minimum absolute atomic E-state index is 0.178. The molecule has 17 heavy (non-hydrogen) atoms. The van der Waals surface area contributed by atoms with Gasteiger partial charge >= 0.3 is 0 Å². The zero-order valence-electron chi connectivity index (χ0n) is 9.70. The average molecular weight is 232 g/mol. The van der Waals surface area contributed by atoms with Gasteiger partial charge in [0.2, 0.25) is 0 Å². The Morgan fingerprint density at radius 3 is 2.59 bits per heavy atom. The summed E-state index contributed by atoms with van der Waals surface area (Å²) in [6.07, 6.45) is 0. The molecule has 1 N–H and O–H groups in total. The fourth-order valence-corrected chi connectivity index (χ4v) is 1.60. The maximum absolute atomic E-state index is 13.6. The van der Waals surface area contributed by atoms with E-state index < -0.39 is 5.82 Å². The van der Waals surface area contributed by atoms with Crippen LogP contribution < -0.4 is 5.56 Å². The normalized spacial score (nSPS) is 10.8. The summed E-state index contributed by atoms with van der Waals surface area (Å²) in [6.45, 7) is 3.93. The third-order valence-electron chi connectivity index (χ3n) is 2.58. The Hall–Kier alpha value is -1.97. The summed E-state index contributed by atoms with van der Waals surface area (Å²) in [4.78, 5) is 11.7. The Kier molecular flexibility index (Phi) is 3.04. The molecule has 0 saturated carbocycles. The van der Waals surface area contributed by atoms with Gasteiger partial charge in [0.05, 0.1) is 11.3 Å². The van der Waals surface area contributed by atoms with Crippen molar-refractivity contribution >= 4 is 0 Å². The first-order valence-corrected chi connectivity index (χ1v) is 5.44. The molecule has 0 fully saturated rings. The predicted octanol–water partition coefficient (Wildman–Crippen LogP) is 2.70. The van der Waals surface area contributed by atoms with Gasteiger partial charge in [-0.1, -0.05) is 32.0 Å². The quantitative estimate of drug-likeness (QED) is 0.865. The number of nitrogens with zero attached hydrogens (tertiary/aromatic N) is 1. The van der Waals surface area contributed by atoms with Crippen LogP contribution in [0.4, 0.5) is 4.39 Å². The molecule has 0 bridgehead atoms. The summed E-state index contributed by atoms with van der Waals surface area (Å²) >= 11 is 0. The molecule has 0 spiro atoms. The molecule has 1 aromatic carbocycles. The highest BCUT2D eigenvalue weighted by Crippen LogP contribution is 2.21. The number of hydrogen-bond donors (Lipinski definition) is 1. The number of aromatic nitrogens is 2. The summed E-state index contributed by atoms with van der Waals surface area (Å²) < 4.78 is 13.6. The van der Waals surface area contributed by atoms with Crippen molar-refractivity contribution in [2.45, 2.75) is 19.8 Å². The summed E-state index contributed by atoms with van der Waals surface area (Å²) in [7, 11) is 0.